The Balaban J connectivity index is 1.69. The molecule has 0 bridgehead atoms. The quantitative estimate of drug-likeness (QED) is 0.196. The van der Waals surface area contributed by atoms with Crippen molar-refractivity contribution in [3.05, 3.63) is 0 Å². The van der Waals surface area contributed by atoms with E-state index in [1.54, 1.807) is 14.0 Å². The van der Waals surface area contributed by atoms with Gasteiger partial charge in [0, 0.05) is 24.5 Å². The summed E-state index contributed by atoms with van der Waals surface area (Å²) in [5.74, 6) is -0.216. The Morgan fingerprint density at radius 2 is 1.79 bits per heavy atom. The van der Waals surface area contributed by atoms with E-state index in [1.807, 2.05) is 14.0 Å². The predicted octanol–water partition coefficient (Wildman–Crippen LogP) is -3.09. The Labute approximate surface area is 194 Å². The first-order chi connectivity index (χ1) is 15.5. The van der Waals surface area contributed by atoms with Gasteiger partial charge in [-0.25, -0.2) is 0 Å². The zero-order chi connectivity index (χ0) is 24.5. The highest BCUT2D eigenvalue weighted by atomic mass is 16.7. The van der Waals surface area contributed by atoms with Gasteiger partial charge < -0.3 is 56.4 Å². The van der Waals surface area contributed by atoms with E-state index in [2.05, 4.69) is 10.6 Å². The molecule has 1 aliphatic carbocycles. The summed E-state index contributed by atoms with van der Waals surface area (Å²) in [4.78, 5) is 12.4. The molecular weight excluding hydrogens is 436 g/mol. The van der Waals surface area contributed by atoms with Crippen LogP contribution < -0.4 is 22.1 Å². The van der Waals surface area contributed by atoms with Crippen molar-refractivity contribution in [1.29, 1.82) is 0 Å². The Kier molecular flexibility index (Phi) is 8.84. The number of aliphatic hydroxyl groups is 3. The number of ketones is 1. The zero-order valence-electron chi connectivity index (χ0n) is 19.7. The Bertz CT molecular complexity index is 670. The van der Waals surface area contributed by atoms with Gasteiger partial charge in [-0.1, -0.05) is 0 Å². The topological polar surface area (TPSA) is 191 Å². The molecule has 33 heavy (non-hydrogen) atoms. The summed E-state index contributed by atoms with van der Waals surface area (Å²) in [6.07, 6.45) is -5.88. The second-order valence-electron chi connectivity index (χ2n) is 9.64. The van der Waals surface area contributed by atoms with Gasteiger partial charge in [0.2, 0.25) is 6.29 Å². The number of hydrogen-bond acceptors (Lipinski definition) is 12. The molecule has 12 unspecified atom stereocenters. The lowest BCUT2D eigenvalue weighted by Crippen LogP contribution is -2.68. The number of nitrogens with two attached hydrogens (primary N) is 2. The summed E-state index contributed by atoms with van der Waals surface area (Å²) < 4.78 is 23.2. The van der Waals surface area contributed by atoms with Crippen molar-refractivity contribution in [2.24, 2.45) is 11.5 Å². The monoisotopic (exact) mass is 476 g/mol. The lowest BCUT2D eigenvalue weighted by molar-refractivity contribution is -0.303. The molecule has 0 amide bonds. The number of likely N-dealkylation sites (N-methyl/N-ethyl adjacent to an activating group) is 2. The average Bonchev–Trinajstić information content (AvgIpc) is 2.76. The smallest absolute Gasteiger partial charge is 0.218 e. The summed E-state index contributed by atoms with van der Waals surface area (Å²) in [7, 11) is 3.42. The minimum atomic E-state index is -1.31. The summed E-state index contributed by atoms with van der Waals surface area (Å²) in [5, 5.41) is 38.1. The van der Waals surface area contributed by atoms with Gasteiger partial charge in [0.1, 0.15) is 30.0 Å². The lowest BCUT2D eigenvalue weighted by Gasteiger charge is -2.48. The van der Waals surface area contributed by atoms with Gasteiger partial charge >= 0.3 is 0 Å². The second-order valence-corrected chi connectivity index (χ2v) is 9.64. The van der Waals surface area contributed by atoms with Crippen LogP contribution in [-0.4, -0.2) is 115 Å². The van der Waals surface area contributed by atoms with E-state index >= 15 is 0 Å². The van der Waals surface area contributed by atoms with Gasteiger partial charge in [-0.3, -0.25) is 4.79 Å². The van der Waals surface area contributed by atoms with Crippen molar-refractivity contribution in [1.82, 2.24) is 10.6 Å². The maximum absolute atomic E-state index is 12.4. The fraction of sp³-hybridized carbons (Fsp3) is 0.952. The SMILES string of the molecule is CNC(C)C1CCC(=O)C(OC2C(N)CC(N)C(OC3OCC(C)(O)C(NC)C3O)C2O)O1. The van der Waals surface area contributed by atoms with E-state index in [0.717, 1.165) is 0 Å². The molecule has 12 atom stereocenters. The molecule has 0 aromatic heterocycles. The minimum Gasteiger partial charge on any atom is -0.388 e. The molecule has 9 N–H and O–H groups in total. The number of nitrogens with one attached hydrogen (secondary N) is 2. The lowest BCUT2D eigenvalue weighted by atomic mass is 9.84. The van der Waals surface area contributed by atoms with Crippen LogP contribution in [0.25, 0.3) is 0 Å². The van der Waals surface area contributed by atoms with Crippen molar-refractivity contribution in [3.8, 4) is 0 Å². The fourth-order valence-corrected chi connectivity index (χ4v) is 4.87. The Morgan fingerprint density at radius 3 is 2.39 bits per heavy atom. The number of rotatable bonds is 7. The molecule has 2 heterocycles. The molecule has 0 aromatic rings. The summed E-state index contributed by atoms with van der Waals surface area (Å²) >= 11 is 0. The third kappa shape index (κ3) is 5.73. The van der Waals surface area contributed by atoms with E-state index < -0.39 is 60.7 Å². The van der Waals surface area contributed by atoms with Crippen LogP contribution in [0.5, 0.6) is 0 Å². The highest BCUT2D eigenvalue weighted by Crippen LogP contribution is 2.31. The summed E-state index contributed by atoms with van der Waals surface area (Å²) in [6.45, 7) is 3.40. The number of ether oxygens (including phenoxy) is 4. The van der Waals surface area contributed by atoms with Gasteiger partial charge in [-0.15, -0.1) is 0 Å². The van der Waals surface area contributed by atoms with Gasteiger partial charge in [0.05, 0.1) is 18.8 Å². The number of carbonyl (C=O) groups is 1. The molecule has 2 aliphatic heterocycles. The average molecular weight is 477 g/mol. The maximum Gasteiger partial charge on any atom is 0.218 e. The molecule has 192 valence electrons. The molecule has 1 saturated carbocycles. The van der Waals surface area contributed by atoms with Crippen LogP contribution in [0.4, 0.5) is 0 Å². The molecule has 3 aliphatic rings. The number of Topliss-reactive ketones (excluding diaryl/α,β-unsaturated/α-hetero) is 1. The molecule has 0 radical (unpaired) electrons. The minimum absolute atomic E-state index is 0.0147. The summed E-state index contributed by atoms with van der Waals surface area (Å²) in [5.41, 5.74) is 11.1. The van der Waals surface area contributed by atoms with Crippen molar-refractivity contribution in [3.63, 3.8) is 0 Å². The first-order valence-electron chi connectivity index (χ1n) is 11.5. The molecular formula is C21H40N4O8. The van der Waals surface area contributed by atoms with Gasteiger partial charge in [0.25, 0.3) is 0 Å². The van der Waals surface area contributed by atoms with Crippen LogP contribution in [-0.2, 0) is 23.7 Å². The Hall–Kier alpha value is -0.770. The fourth-order valence-electron chi connectivity index (χ4n) is 4.87. The van der Waals surface area contributed by atoms with Gasteiger partial charge in [0.15, 0.2) is 12.1 Å². The number of hydrogen-bond donors (Lipinski definition) is 7. The molecule has 12 nitrogen and oxygen atoms in total. The van der Waals surface area contributed by atoms with Crippen LogP contribution in [0, 0.1) is 0 Å². The molecule has 12 heteroatoms. The summed E-state index contributed by atoms with van der Waals surface area (Å²) in [6, 6.07) is -2.03. The maximum atomic E-state index is 12.4. The number of aliphatic hydroxyl groups excluding tert-OH is 2. The molecule has 3 rings (SSSR count). The van der Waals surface area contributed by atoms with E-state index in [-0.39, 0.29) is 31.0 Å². The first kappa shape index (κ1) is 26.8. The van der Waals surface area contributed by atoms with Crippen LogP contribution in [0.1, 0.15) is 33.1 Å². The zero-order valence-corrected chi connectivity index (χ0v) is 19.7. The standard InChI is InChI=1S/C21H40N4O8/c1-9(24-3)13-6-5-12(26)19(31-13)32-16-10(22)7-11(23)17(14(16)27)33-20-15(28)18(25-4)21(2,29)8-30-20/h9-11,13-20,24-25,27-29H,5-8,22-23H2,1-4H3. The first-order valence-corrected chi connectivity index (χ1v) is 11.5. The highest BCUT2D eigenvalue weighted by Gasteiger charge is 2.51. The van der Waals surface area contributed by atoms with Crippen molar-refractivity contribution in [2.75, 3.05) is 20.7 Å². The number of carbonyl (C=O) groups excluding carboxylic acids is 1. The van der Waals surface area contributed by atoms with Crippen LogP contribution in [0.3, 0.4) is 0 Å². The normalized spacial score (nSPS) is 48.0. The van der Waals surface area contributed by atoms with Crippen molar-refractivity contribution >= 4 is 5.78 Å². The van der Waals surface area contributed by atoms with Crippen LogP contribution in [0.15, 0.2) is 0 Å². The molecule has 3 fully saturated rings. The van der Waals surface area contributed by atoms with Gasteiger partial charge in [-0.2, -0.15) is 0 Å². The van der Waals surface area contributed by atoms with E-state index in [0.29, 0.717) is 12.8 Å². The molecule has 2 saturated heterocycles. The van der Waals surface area contributed by atoms with E-state index in [1.165, 1.54) is 0 Å². The largest absolute Gasteiger partial charge is 0.388 e. The van der Waals surface area contributed by atoms with E-state index in [9.17, 15) is 20.1 Å². The second kappa shape index (κ2) is 10.9. The molecule has 0 spiro atoms. The highest BCUT2D eigenvalue weighted by molar-refractivity contribution is 5.82. The third-order valence-electron chi connectivity index (χ3n) is 7.02. The third-order valence-corrected chi connectivity index (χ3v) is 7.02. The van der Waals surface area contributed by atoms with Gasteiger partial charge in [-0.05, 0) is 40.8 Å². The van der Waals surface area contributed by atoms with Crippen LogP contribution in [0.2, 0.25) is 0 Å². The molecule has 0 aromatic carbocycles. The van der Waals surface area contributed by atoms with Crippen molar-refractivity contribution < 1.29 is 39.1 Å². The Morgan fingerprint density at radius 1 is 1.15 bits per heavy atom. The predicted molar refractivity (Wildman–Crippen MR) is 117 cm³/mol. The van der Waals surface area contributed by atoms with E-state index in [4.69, 9.17) is 30.4 Å². The van der Waals surface area contributed by atoms with Crippen molar-refractivity contribution in [2.45, 2.75) is 106 Å². The van der Waals surface area contributed by atoms with Crippen LogP contribution >= 0.6 is 0 Å².